The molecule has 10 nitrogen and oxygen atoms in total. The zero-order valence-corrected chi connectivity index (χ0v) is 34.0. The quantitative estimate of drug-likeness (QED) is 0.217. The molecule has 1 spiro atoms. The predicted molar refractivity (Wildman–Crippen MR) is 212 cm³/mol. The average Bonchev–Trinajstić information content (AvgIpc) is 3.14. The van der Waals surface area contributed by atoms with Gasteiger partial charge in [-0.05, 0) is 151 Å². The molecule has 2 heterocycles. The summed E-state index contributed by atoms with van der Waals surface area (Å²) in [6.45, 7) is 11.5. The molecule has 1 saturated heterocycles. The van der Waals surface area contributed by atoms with Gasteiger partial charge in [0.25, 0.3) is 0 Å². The Morgan fingerprint density at radius 1 is 0.982 bits per heavy atom. The number of amides is 2. The maximum absolute atomic E-state index is 13.8. The van der Waals surface area contributed by atoms with Crippen LogP contribution in [0.2, 0.25) is 0 Å². The second kappa shape index (κ2) is 16.3. The van der Waals surface area contributed by atoms with E-state index in [-0.39, 0.29) is 34.9 Å². The van der Waals surface area contributed by atoms with Crippen LogP contribution >= 0.6 is 0 Å². The van der Waals surface area contributed by atoms with E-state index in [1.54, 1.807) is 27.0 Å². The fourth-order valence-corrected chi connectivity index (χ4v) is 9.18. The number of likely N-dealkylation sites (tertiary alicyclic amines) is 1. The summed E-state index contributed by atoms with van der Waals surface area (Å²) in [6, 6.07) is 7.01. The molecule has 2 aliphatic carbocycles. The number of nitrogens with one attached hydrogen (secondary N) is 1. The minimum absolute atomic E-state index is 0.0289. The molecule has 13 heteroatoms. The van der Waals surface area contributed by atoms with Gasteiger partial charge in [0.15, 0.2) is 0 Å². The highest BCUT2D eigenvalue weighted by Gasteiger charge is 2.41. The van der Waals surface area contributed by atoms with Crippen molar-refractivity contribution in [1.29, 1.82) is 0 Å². The summed E-state index contributed by atoms with van der Waals surface area (Å²) in [5.74, 6) is 2.59. The van der Waals surface area contributed by atoms with Gasteiger partial charge < -0.3 is 30.3 Å². The number of hydrogen-bond acceptors (Lipinski definition) is 8. The fraction of sp³-hybridized carbons (Fsp3) is 0.628. The third-order valence-corrected chi connectivity index (χ3v) is 12.4. The zero-order valence-electron chi connectivity index (χ0n) is 34.0. The van der Waals surface area contributed by atoms with Gasteiger partial charge in [0.2, 0.25) is 5.91 Å². The summed E-state index contributed by atoms with van der Waals surface area (Å²) in [4.78, 5) is 39.5. The van der Waals surface area contributed by atoms with E-state index in [9.17, 15) is 22.8 Å². The molecule has 2 amide bonds. The van der Waals surface area contributed by atoms with E-state index < -0.39 is 23.4 Å². The number of rotatable bonds is 8. The summed E-state index contributed by atoms with van der Waals surface area (Å²) in [5.41, 5.74) is 6.99. The number of fused-ring (bicyclic) bond motifs is 1. The van der Waals surface area contributed by atoms with E-state index >= 15 is 0 Å². The zero-order chi connectivity index (χ0) is 40.6. The van der Waals surface area contributed by atoms with Crippen molar-refractivity contribution in [3.05, 3.63) is 52.8 Å². The van der Waals surface area contributed by atoms with Gasteiger partial charge >= 0.3 is 12.3 Å². The molecule has 0 unspecified atom stereocenters. The number of piperidine rings is 1. The number of halogens is 3. The van der Waals surface area contributed by atoms with Crippen LogP contribution in [0.25, 0.3) is 10.9 Å². The van der Waals surface area contributed by atoms with Crippen molar-refractivity contribution in [2.75, 3.05) is 44.8 Å². The molecule has 1 atom stereocenters. The van der Waals surface area contributed by atoms with Crippen LogP contribution < -0.4 is 15.8 Å². The highest BCUT2D eigenvalue weighted by Crippen LogP contribution is 2.47. The summed E-state index contributed by atoms with van der Waals surface area (Å²) in [5, 5.41) is 4.08. The number of nitrogen functional groups attached to an aromatic ring is 1. The molecule has 1 aliphatic heterocycles. The van der Waals surface area contributed by atoms with Crippen molar-refractivity contribution < 1.29 is 32.2 Å². The van der Waals surface area contributed by atoms with Gasteiger partial charge in [-0.25, -0.2) is 14.8 Å². The van der Waals surface area contributed by atoms with Crippen molar-refractivity contribution in [2.45, 2.75) is 123 Å². The molecule has 3 fully saturated rings. The molecule has 3 N–H and O–H groups in total. The first-order chi connectivity index (χ1) is 26.3. The lowest BCUT2D eigenvalue weighted by atomic mass is 9.65. The maximum Gasteiger partial charge on any atom is 0.416 e. The number of methoxy groups -OCH3 is 1. The lowest BCUT2D eigenvalue weighted by molar-refractivity contribution is -0.138. The summed E-state index contributed by atoms with van der Waals surface area (Å²) in [7, 11) is 3.60. The van der Waals surface area contributed by atoms with Crippen molar-refractivity contribution in [3.63, 3.8) is 0 Å². The van der Waals surface area contributed by atoms with Crippen molar-refractivity contribution in [2.24, 2.45) is 17.3 Å². The Bertz CT molecular complexity index is 1890. The van der Waals surface area contributed by atoms with Crippen LogP contribution in [0.1, 0.15) is 126 Å². The van der Waals surface area contributed by atoms with Gasteiger partial charge in [-0.1, -0.05) is 0 Å². The standard InChI is InChI=1S/C43H59F3N6O4/c1-26(31-20-32(43(44,45)46)22-33(47)21-31)48-38-35-23-34(37(55-7)24-36(35)49-27(2)50-38)29-8-10-30(11-9-29)39(53)51(6)25-28-12-14-42(15-13-28)16-18-52(19-17-42)40(54)56-41(3,4)5/h20-24,26,28-30H,8-19,25,47H2,1-7H3,(H,48,49,50)/t26-,29?,30?/m1/s1. The molecule has 3 aromatic rings. The lowest BCUT2D eigenvalue weighted by Gasteiger charge is -2.46. The van der Waals surface area contributed by atoms with Crippen LogP contribution in [0.15, 0.2) is 30.3 Å². The smallest absolute Gasteiger partial charge is 0.416 e. The number of aromatic nitrogens is 2. The van der Waals surface area contributed by atoms with E-state index in [4.69, 9.17) is 15.2 Å². The van der Waals surface area contributed by atoms with E-state index in [0.717, 1.165) is 113 Å². The number of nitrogens with zero attached hydrogens (tertiary/aromatic N) is 4. The second-order valence-electron chi connectivity index (χ2n) is 17.7. The van der Waals surface area contributed by atoms with E-state index in [2.05, 4.69) is 15.3 Å². The molecule has 6 rings (SSSR count). The monoisotopic (exact) mass is 780 g/mol. The van der Waals surface area contributed by atoms with Crippen LogP contribution in [0, 0.1) is 24.2 Å². The largest absolute Gasteiger partial charge is 0.496 e. The molecule has 3 aliphatic rings. The molecule has 2 aromatic carbocycles. The molecule has 56 heavy (non-hydrogen) atoms. The van der Waals surface area contributed by atoms with Crippen LogP contribution in [-0.2, 0) is 15.7 Å². The first-order valence-electron chi connectivity index (χ1n) is 20.2. The number of aryl methyl sites for hydroxylation is 1. The van der Waals surface area contributed by atoms with Gasteiger partial charge in [0, 0.05) is 49.7 Å². The molecule has 0 radical (unpaired) electrons. The molecular formula is C43H59F3N6O4. The minimum atomic E-state index is -4.52. The van der Waals surface area contributed by atoms with E-state index in [0.29, 0.717) is 28.6 Å². The van der Waals surface area contributed by atoms with Crippen LogP contribution in [0.4, 0.5) is 29.5 Å². The number of ether oxygens (including phenoxy) is 2. The Morgan fingerprint density at radius 2 is 1.64 bits per heavy atom. The minimum Gasteiger partial charge on any atom is -0.496 e. The summed E-state index contributed by atoms with van der Waals surface area (Å²) < 4.78 is 52.2. The Balaban J connectivity index is 1.05. The Morgan fingerprint density at radius 3 is 2.25 bits per heavy atom. The number of carbonyl (C=O) groups is 2. The van der Waals surface area contributed by atoms with Crippen molar-refractivity contribution in [3.8, 4) is 5.75 Å². The second-order valence-corrected chi connectivity index (χ2v) is 17.7. The van der Waals surface area contributed by atoms with E-state index in [1.807, 2.05) is 49.8 Å². The van der Waals surface area contributed by atoms with E-state index in [1.165, 1.54) is 0 Å². The summed E-state index contributed by atoms with van der Waals surface area (Å²) in [6.07, 6.45) is 4.99. The van der Waals surface area contributed by atoms with Gasteiger partial charge in [-0.2, -0.15) is 13.2 Å². The SMILES string of the molecule is COc1cc2nc(C)nc(N[C@H](C)c3cc(N)cc(C(F)(F)F)c3)c2cc1C1CCC(C(=O)N(C)CC2CCC3(CC2)CCN(C(=O)OC(C)(C)C)CC3)CC1. The van der Waals surface area contributed by atoms with Gasteiger partial charge in [0.05, 0.1) is 24.2 Å². The third kappa shape index (κ3) is 9.62. The maximum atomic E-state index is 13.8. The first-order valence-corrected chi connectivity index (χ1v) is 20.2. The molecule has 306 valence electrons. The number of benzene rings is 2. The number of hydrogen-bond donors (Lipinski definition) is 2. The highest BCUT2D eigenvalue weighted by atomic mass is 19.4. The lowest BCUT2D eigenvalue weighted by Crippen LogP contribution is -2.46. The number of nitrogens with two attached hydrogens (primary N) is 1. The van der Waals surface area contributed by atoms with Crippen molar-refractivity contribution >= 4 is 34.4 Å². The molecule has 0 bridgehead atoms. The summed E-state index contributed by atoms with van der Waals surface area (Å²) >= 11 is 0. The third-order valence-electron chi connectivity index (χ3n) is 12.4. The van der Waals surface area contributed by atoms with Gasteiger partial charge in [-0.15, -0.1) is 0 Å². The molecular weight excluding hydrogens is 722 g/mol. The normalized spacial score (nSPS) is 21.1. The highest BCUT2D eigenvalue weighted by molar-refractivity contribution is 5.91. The van der Waals surface area contributed by atoms with Crippen LogP contribution in [0.3, 0.4) is 0 Å². The van der Waals surface area contributed by atoms with Crippen molar-refractivity contribution in [1.82, 2.24) is 19.8 Å². The van der Waals surface area contributed by atoms with Gasteiger partial charge in [0.1, 0.15) is 23.0 Å². The predicted octanol–water partition coefficient (Wildman–Crippen LogP) is 9.66. The van der Waals surface area contributed by atoms with Crippen LogP contribution in [0.5, 0.6) is 5.75 Å². The number of carbonyl (C=O) groups excluding carboxylic acids is 2. The number of alkyl halides is 3. The Kier molecular flexibility index (Phi) is 12.0. The Hall–Kier alpha value is -4.29. The van der Waals surface area contributed by atoms with Crippen LogP contribution in [-0.4, -0.2) is 71.2 Å². The topological polar surface area (TPSA) is 123 Å². The molecule has 2 saturated carbocycles. The average molecular weight is 781 g/mol. The van der Waals surface area contributed by atoms with Gasteiger partial charge in [-0.3, -0.25) is 4.79 Å². The molecule has 1 aromatic heterocycles. The first kappa shape index (κ1) is 41.3. The fourth-order valence-electron chi connectivity index (χ4n) is 9.18. The number of anilines is 2. The Labute approximate surface area is 329 Å².